The summed E-state index contributed by atoms with van der Waals surface area (Å²) >= 11 is 0. The lowest BCUT2D eigenvalue weighted by Crippen LogP contribution is -2.50. The molecule has 0 aliphatic carbocycles. The molecular formula is C17H27NO3. The third-order valence-electron chi connectivity index (χ3n) is 3.51. The second-order valence-corrected chi connectivity index (χ2v) is 5.99. The highest BCUT2D eigenvalue weighted by molar-refractivity contribution is 5.78. The minimum absolute atomic E-state index is 0.00907. The fourth-order valence-corrected chi connectivity index (χ4v) is 2.40. The van der Waals surface area contributed by atoms with E-state index in [2.05, 4.69) is 0 Å². The summed E-state index contributed by atoms with van der Waals surface area (Å²) < 4.78 is 5.58. The average molecular weight is 293 g/mol. The minimum atomic E-state index is -0.182. The maximum Gasteiger partial charge on any atom is 0.261 e. The molecule has 1 atom stereocenters. The molecule has 0 aliphatic rings. The summed E-state index contributed by atoms with van der Waals surface area (Å²) in [5.74, 6) is 0.789. The van der Waals surface area contributed by atoms with E-state index in [0.29, 0.717) is 5.75 Å². The first-order valence-corrected chi connectivity index (χ1v) is 7.48. The van der Waals surface area contributed by atoms with E-state index < -0.39 is 0 Å². The van der Waals surface area contributed by atoms with E-state index >= 15 is 0 Å². The predicted octanol–water partition coefficient (Wildman–Crippen LogP) is 2.63. The van der Waals surface area contributed by atoms with E-state index in [4.69, 9.17) is 4.74 Å². The van der Waals surface area contributed by atoms with Crippen LogP contribution in [0.25, 0.3) is 0 Å². The van der Waals surface area contributed by atoms with Crippen LogP contribution in [0.2, 0.25) is 0 Å². The van der Waals surface area contributed by atoms with Crippen LogP contribution in [0, 0.1) is 12.8 Å². The first-order chi connectivity index (χ1) is 9.86. The number of benzene rings is 1. The van der Waals surface area contributed by atoms with Crippen molar-refractivity contribution in [2.24, 2.45) is 5.92 Å². The Labute approximate surface area is 127 Å². The van der Waals surface area contributed by atoms with Crippen LogP contribution in [0.4, 0.5) is 0 Å². The SMILES string of the molecule is Cc1cccc(OCC(=O)N(C(C)C)C(CO)C(C)C)c1. The summed E-state index contributed by atoms with van der Waals surface area (Å²) in [7, 11) is 0. The summed E-state index contributed by atoms with van der Waals surface area (Å²) in [6.45, 7) is 9.85. The molecule has 1 N–H and O–H groups in total. The summed E-state index contributed by atoms with van der Waals surface area (Å²) in [6, 6.07) is 7.47. The summed E-state index contributed by atoms with van der Waals surface area (Å²) in [5, 5.41) is 9.55. The summed E-state index contributed by atoms with van der Waals surface area (Å²) in [5.41, 5.74) is 1.09. The quantitative estimate of drug-likeness (QED) is 0.841. The monoisotopic (exact) mass is 293 g/mol. The largest absolute Gasteiger partial charge is 0.484 e. The normalized spacial score (nSPS) is 12.6. The lowest BCUT2D eigenvalue weighted by Gasteiger charge is -2.36. The number of aliphatic hydroxyl groups is 1. The van der Waals surface area contributed by atoms with E-state index in [9.17, 15) is 9.90 Å². The molecule has 0 saturated heterocycles. The highest BCUT2D eigenvalue weighted by Crippen LogP contribution is 2.16. The predicted molar refractivity (Wildman–Crippen MR) is 84.4 cm³/mol. The molecule has 21 heavy (non-hydrogen) atoms. The molecule has 1 aromatic carbocycles. The molecule has 1 rings (SSSR count). The Morgan fingerprint density at radius 3 is 2.43 bits per heavy atom. The Morgan fingerprint density at radius 1 is 1.29 bits per heavy atom. The number of aryl methyl sites for hydroxylation is 1. The molecule has 0 bridgehead atoms. The zero-order chi connectivity index (χ0) is 16.0. The van der Waals surface area contributed by atoms with Crippen molar-refractivity contribution < 1.29 is 14.6 Å². The summed E-state index contributed by atoms with van der Waals surface area (Å²) in [4.78, 5) is 14.2. The number of amides is 1. The molecule has 4 heteroatoms. The fourth-order valence-electron chi connectivity index (χ4n) is 2.40. The maximum atomic E-state index is 12.4. The van der Waals surface area contributed by atoms with Gasteiger partial charge in [0, 0.05) is 6.04 Å². The molecule has 1 unspecified atom stereocenters. The third kappa shape index (κ3) is 5.05. The molecule has 1 aromatic rings. The van der Waals surface area contributed by atoms with Gasteiger partial charge in [-0.2, -0.15) is 0 Å². The Bertz CT molecular complexity index is 457. The molecule has 4 nitrogen and oxygen atoms in total. The van der Waals surface area contributed by atoms with Crippen LogP contribution in [0.15, 0.2) is 24.3 Å². The van der Waals surface area contributed by atoms with Gasteiger partial charge in [-0.1, -0.05) is 26.0 Å². The fraction of sp³-hybridized carbons (Fsp3) is 0.588. The zero-order valence-corrected chi connectivity index (χ0v) is 13.7. The van der Waals surface area contributed by atoms with Gasteiger partial charge in [-0.25, -0.2) is 0 Å². The topological polar surface area (TPSA) is 49.8 Å². The highest BCUT2D eigenvalue weighted by atomic mass is 16.5. The van der Waals surface area contributed by atoms with Crippen LogP contribution >= 0.6 is 0 Å². The summed E-state index contributed by atoms with van der Waals surface area (Å²) in [6.07, 6.45) is 0. The third-order valence-corrected chi connectivity index (χ3v) is 3.51. The number of rotatable bonds is 7. The average Bonchev–Trinajstić information content (AvgIpc) is 2.41. The van der Waals surface area contributed by atoms with E-state index in [-0.39, 0.29) is 37.1 Å². The first kappa shape index (κ1) is 17.5. The van der Waals surface area contributed by atoms with Crippen molar-refractivity contribution in [3.63, 3.8) is 0 Å². The van der Waals surface area contributed by atoms with E-state index in [1.807, 2.05) is 58.9 Å². The number of ether oxygens (including phenoxy) is 1. The smallest absolute Gasteiger partial charge is 0.261 e. The molecule has 118 valence electrons. The number of aliphatic hydroxyl groups excluding tert-OH is 1. The van der Waals surface area contributed by atoms with Gasteiger partial charge in [-0.05, 0) is 44.4 Å². The van der Waals surface area contributed by atoms with Crippen LogP contribution in [0.1, 0.15) is 33.3 Å². The standard InChI is InChI=1S/C17H27NO3/c1-12(2)16(10-19)18(13(3)4)17(20)11-21-15-8-6-7-14(5)9-15/h6-9,12-13,16,19H,10-11H2,1-5H3. The molecular weight excluding hydrogens is 266 g/mol. The van der Waals surface area contributed by atoms with E-state index in [0.717, 1.165) is 5.56 Å². The molecule has 0 saturated carbocycles. The van der Waals surface area contributed by atoms with Crippen LogP contribution < -0.4 is 4.74 Å². The number of hydrogen-bond donors (Lipinski definition) is 1. The Balaban J connectivity index is 2.73. The molecule has 0 fully saturated rings. The minimum Gasteiger partial charge on any atom is -0.484 e. The van der Waals surface area contributed by atoms with Crippen LogP contribution in [0.5, 0.6) is 5.75 Å². The molecule has 0 radical (unpaired) electrons. The molecule has 0 heterocycles. The number of carbonyl (C=O) groups is 1. The first-order valence-electron chi connectivity index (χ1n) is 7.48. The van der Waals surface area contributed by atoms with Crippen molar-refractivity contribution >= 4 is 5.91 Å². The second-order valence-electron chi connectivity index (χ2n) is 5.99. The van der Waals surface area contributed by atoms with Crippen molar-refractivity contribution in [2.45, 2.75) is 46.7 Å². The van der Waals surface area contributed by atoms with Crippen molar-refractivity contribution in [2.75, 3.05) is 13.2 Å². The van der Waals surface area contributed by atoms with Gasteiger partial charge in [0.1, 0.15) is 5.75 Å². The molecule has 0 aromatic heterocycles. The number of nitrogens with zero attached hydrogens (tertiary/aromatic N) is 1. The van der Waals surface area contributed by atoms with Gasteiger partial charge in [0.15, 0.2) is 6.61 Å². The van der Waals surface area contributed by atoms with Gasteiger partial charge in [0.2, 0.25) is 0 Å². The Hall–Kier alpha value is -1.55. The van der Waals surface area contributed by atoms with Gasteiger partial charge in [0.25, 0.3) is 5.91 Å². The van der Waals surface area contributed by atoms with Gasteiger partial charge in [0.05, 0.1) is 12.6 Å². The number of carbonyl (C=O) groups excluding carboxylic acids is 1. The molecule has 1 amide bonds. The van der Waals surface area contributed by atoms with Crippen molar-refractivity contribution in [3.8, 4) is 5.75 Å². The molecule has 0 spiro atoms. The van der Waals surface area contributed by atoms with Gasteiger partial charge >= 0.3 is 0 Å². The van der Waals surface area contributed by atoms with Crippen molar-refractivity contribution in [3.05, 3.63) is 29.8 Å². The van der Waals surface area contributed by atoms with Gasteiger partial charge < -0.3 is 14.7 Å². The second kappa shape index (κ2) is 8.03. The lowest BCUT2D eigenvalue weighted by molar-refractivity contribution is -0.140. The van der Waals surface area contributed by atoms with Crippen LogP contribution in [0.3, 0.4) is 0 Å². The highest BCUT2D eigenvalue weighted by Gasteiger charge is 2.28. The van der Waals surface area contributed by atoms with Crippen LogP contribution in [-0.4, -0.2) is 41.2 Å². The van der Waals surface area contributed by atoms with Crippen molar-refractivity contribution in [1.82, 2.24) is 4.90 Å². The van der Waals surface area contributed by atoms with E-state index in [1.165, 1.54) is 0 Å². The Kier molecular flexibility index (Phi) is 6.69. The maximum absolute atomic E-state index is 12.4. The van der Waals surface area contributed by atoms with Gasteiger partial charge in [-0.15, -0.1) is 0 Å². The molecule has 0 aliphatic heterocycles. The van der Waals surface area contributed by atoms with Crippen LogP contribution in [-0.2, 0) is 4.79 Å². The lowest BCUT2D eigenvalue weighted by atomic mass is 10.0. The number of hydrogen-bond acceptors (Lipinski definition) is 3. The zero-order valence-electron chi connectivity index (χ0n) is 13.7. The van der Waals surface area contributed by atoms with Gasteiger partial charge in [-0.3, -0.25) is 4.79 Å². The van der Waals surface area contributed by atoms with Crippen molar-refractivity contribution in [1.29, 1.82) is 0 Å². The van der Waals surface area contributed by atoms with E-state index in [1.54, 1.807) is 4.90 Å². The Morgan fingerprint density at radius 2 is 1.95 bits per heavy atom.